The van der Waals surface area contributed by atoms with Crippen LogP contribution in [0.3, 0.4) is 0 Å². The van der Waals surface area contributed by atoms with E-state index < -0.39 is 5.69 Å². The summed E-state index contributed by atoms with van der Waals surface area (Å²) < 4.78 is 4.33. The summed E-state index contributed by atoms with van der Waals surface area (Å²) in [6, 6.07) is 7.58. The van der Waals surface area contributed by atoms with Crippen LogP contribution in [0.1, 0.15) is 25.0 Å². The van der Waals surface area contributed by atoms with Gasteiger partial charge in [0.25, 0.3) is 5.56 Å². The number of aromatic amines is 1. The van der Waals surface area contributed by atoms with Crippen molar-refractivity contribution < 1.29 is 0 Å². The number of aromatic nitrogens is 5. The third kappa shape index (κ3) is 3.16. The summed E-state index contributed by atoms with van der Waals surface area (Å²) >= 11 is 6.26. The van der Waals surface area contributed by atoms with Crippen LogP contribution in [0.5, 0.6) is 0 Å². The van der Waals surface area contributed by atoms with Gasteiger partial charge >= 0.3 is 5.69 Å². The highest BCUT2D eigenvalue weighted by Gasteiger charge is 2.26. The van der Waals surface area contributed by atoms with E-state index in [1.165, 1.54) is 9.13 Å². The van der Waals surface area contributed by atoms with Crippen LogP contribution in [0, 0.1) is 0 Å². The topological polar surface area (TPSA) is 116 Å². The Balaban J connectivity index is 1.60. The molecule has 0 amide bonds. The minimum Gasteiger partial charge on any atom is -0.357 e. The predicted octanol–water partition coefficient (Wildman–Crippen LogP) is 1.91. The van der Waals surface area contributed by atoms with Crippen molar-refractivity contribution in [1.29, 1.82) is 0 Å². The van der Waals surface area contributed by atoms with E-state index in [-0.39, 0.29) is 24.2 Å². The van der Waals surface area contributed by atoms with Gasteiger partial charge in [-0.05, 0) is 37.5 Å². The molecular formula is C21H24ClN7O2. The van der Waals surface area contributed by atoms with Gasteiger partial charge < -0.3 is 20.6 Å². The predicted molar refractivity (Wildman–Crippen MR) is 122 cm³/mol. The van der Waals surface area contributed by atoms with E-state index in [0.29, 0.717) is 22.1 Å². The van der Waals surface area contributed by atoms with Crippen LogP contribution in [0.15, 0.2) is 33.9 Å². The normalized spacial score (nSPS) is 19.0. The number of rotatable bonds is 4. The zero-order chi connectivity index (χ0) is 21.9. The molecule has 1 aromatic carbocycles. The molecule has 2 atom stereocenters. The summed E-state index contributed by atoms with van der Waals surface area (Å²) in [7, 11) is 3.40. The quantitative estimate of drug-likeness (QED) is 0.447. The Hall–Kier alpha value is -3.04. The highest BCUT2D eigenvalue weighted by molar-refractivity contribution is 6.35. The smallest absolute Gasteiger partial charge is 0.332 e. The zero-order valence-corrected chi connectivity index (χ0v) is 18.1. The summed E-state index contributed by atoms with van der Waals surface area (Å²) in [5, 5.41) is 4.82. The first-order valence-corrected chi connectivity index (χ1v) is 10.7. The molecule has 3 heterocycles. The number of hydrogen-bond acceptors (Lipinski definition) is 5. The first kappa shape index (κ1) is 19.9. The van der Waals surface area contributed by atoms with Crippen molar-refractivity contribution in [2.45, 2.75) is 37.9 Å². The van der Waals surface area contributed by atoms with Gasteiger partial charge in [0.1, 0.15) is 0 Å². The van der Waals surface area contributed by atoms with Gasteiger partial charge in [-0.1, -0.05) is 17.7 Å². The summed E-state index contributed by atoms with van der Waals surface area (Å²) in [5.41, 5.74) is 7.65. The lowest BCUT2D eigenvalue weighted by Crippen LogP contribution is -2.40. The molecule has 0 unspecified atom stereocenters. The molecular weight excluding hydrogens is 418 g/mol. The Kier molecular flexibility index (Phi) is 4.67. The molecule has 1 aliphatic carbocycles. The summed E-state index contributed by atoms with van der Waals surface area (Å²) in [5.74, 6) is 0.541. The van der Waals surface area contributed by atoms with Crippen molar-refractivity contribution in [3.63, 3.8) is 0 Å². The number of H-pyrrole nitrogens is 1. The monoisotopic (exact) mass is 441 g/mol. The highest BCUT2D eigenvalue weighted by Crippen LogP contribution is 2.25. The highest BCUT2D eigenvalue weighted by atomic mass is 35.5. The van der Waals surface area contributed by atoms with Gasteiger partial charge in [-0.3, -0.25) is 13.9 Å². The van der Waals surface area contributed by atoms with Crippen molar-refractivity contribution in [1.82, 2.24) is 23.7 Å². The van der Waals surface area contributed by atoms with Gasteiger partial charge in [0.05, 0.1) is 6.54 Å². The van der Waals surface area contributed by atoms with Gasteiger partial charge in [0.15, 0.2) is 11.2 Å². The first-order chi connectivity index (χ1) is 14.8. The van der Waals surface area contributed by atoms with E-state index >= 15 is 0 Å². The molecule has 0 aliphatic heterocycles. The number of imidazole rings is 1. The van der Waals surface area contributed by atoms with E-state index in [2.05, 4.69) is 15.3 Å². The van der Waals surface area contributed by atoms with Crippen LogP contribution in [-0.4, -0.2) is 35.8 Å². The van der Waals surface area contributed by atoms with Crippen molar-refractivity contribution in [3.8, 4) is 0 Å². The molecule has 10 heteroatoms. The summed E-state index contributed by atoms with van der Waals surface area (Å²) in [6.07, 6.45) is 2.97. The van der Waals surface area contributed by atoms with E-state index in [9.17, 15) is 9.59 Å². The lowest BCUT2D eigenvalue weighted by Gasteiger charge is -2.17. The number of fused-ring (bicyclic) bond motifs is 2. The minimum atomic E-state index is -0.426. The van der Waals surface area contributed by atoms with Crippen LogP contribution in [0.4, 0.5) is 5.95 Å². The van der Waals surface area contributed by atoms with Gasteiger partial charge in [-0.2, -0.15) is 4.98 Å². The fraction of sp³-hybridized carbons (Fsp3) is 0.381. The SMILES string of the molecule is Cn1c(N[C@@H]2CCC[C@@H]2N)nc2c1c(=O)n(Cc1cc3c(Cl)cccc3[nH]1)c(=O)n2C. The maximum Gasteiger partial charge on any atom is 0.332 e. The molecule has 3 aromatic heterocycles. The Morgan fingerprint density at radius 3 is 2.77 bits per heavy atom. The molecule has 4 N–H and O–H groups in total. The Morgan fingerprint density at radius 1 is 1.26 bits per heavy atom. The molecule has 162 valence electrons. The molecule has 31 heavy (non-hydrogen) atoms. The molecule has 4 aromatic rings. The fourth-order valence-corrected chi connectivity index (χ4v) is 4.71. The second-order valence-electron chi connectivity index (χ2n) is 8.24. The lowest BCUT2D eigenvalue weighted by molar-refractivity contribution is 0.629. The number of nitrogens with zero attached hydrogens (tertiary/aromatic N) is 4. The van der Waals surface area contributed by atoms with Crippen LogP contribution in [-0.2, 0) is 20.6 Å². The average molecular weight is 442 g/mol. The average Bonchev–Trinajstić information content (AvgIpc) is 3.43. The van der Waals surface area contributed by atoms with Crippen LogP contribution < -0.4 is 22.3 Å². The molecule has 9 nitrogen and oxygen atoms in total. The second kappa shape index (κ2) is 7.28. The number of nitrogens with one attached hydrogen (secondary N) is 2. The Labute approximate surface area is 182 Å². The first-order valence-electron chi connectivity index (χ1n) is 10.3. The minimum absolute atomic E-state index is 0.0501. The molecule has 1 saturated carbocycles. The standard InChI is InChI=1S/C21H24ClN7O2/c1-27-17-18(26-20(27)25-16-8-4-6-14(16)23)28(2)21(31)29(19(17)30)10-11-9-12-13(22)5-3-7-15(12)24-11/h3,5,7,9,14,16,24H,4,6,8,10,23H2,1-2H3,(H,25,26)/t14-,16+/m0/s1. The van der Waals surface area contributed by atoms with E-state index in [1.54, 1.807) is 24.7 Å². The maximum absolute atomic E-state index is 13.3. The number of anilines is 1. The van der Waals surface area contributed by atoms with Crippen molar-refractivity contribution >= 4 is 39.6 Å². The van der Waals surface area contributed by atoms with Gasteiger partial charge in [0.2, 0.25) is 5.95 Å². The third-order valence-corrected chi connectivity index (χ3v) is 6.57. The van der Waals surface area contributed by atoms with Gasteiger partial charge in [-0.15, -0.1) is 0 Å². The van der Waals surface area contributed by atoms with Crippen molar-refractivity contribution in [2.24, 2.45) is 19.8 Å². The molecule has 1 fully saturated rings. The molecule has 0 bridgehead atoms. The van der Waals surface area contributed by atoms with Gasteiger partial charge in [-0.25, -0.2) is 4.79 Å². The second-order valence-corrected chi connectivity index (χ2v) is 8.65. The zero-order valence-electron chi connectivity index (χ0n) is 17.4. The lowest BCUT2D eigenvalue weighted by atomic mass is 10.2. The van der Waals surface area contributed by atoms with E-state index in [1.807, 2.05) is 18.2 Å². The molecule has 0 saturated heterocycles. The molecule has 0 spiro atoms. The molecule has 5 rings (SSSR count). The molecule has 0 radical (unpaired) electrons. The van der Waals surface area contributed by atoms with Crippen molar-refractivity contribution in [2.75, 3.05) is 5.32 Å². The summed E-state index contributed by atoms with van der Waals surface area (Å²) in [4.78, 5) is 34.1. The van der Waals surface area contributed by atoms with Crippen LogP contribution in [0.2, 0.25) is 5.02 Å². The number of nitrogens with two attached hydrogens (primary N) is 1. The fourth-order valence-electron chi connectivity index (χ4n) is 4.48. The summed E-state index contributed by atoms with van der Waals surface area (Å²) in [6.45, 7) is 0.105. The van der Waals surface area contributed by atoms with E-state index in [0.717, 1.165) is 35.9 Å². The van der Waals surface area contributed by atoms with Crippen LogP contribution >= 0.6 is 11.6 Å². The van der Waals surface area contributed by atoms with E-state index in [4.69, 9.17) is 17.3 Å². The van der Waals surface area contributed by atoms with Crippen molar-refractivity contribution in [3.05, 3.63) is 55.8 Å². The third-order valence-electron chi connectivity index (χ3n) is 6.24. The Morgan fingerprint density at radius 2 is 2.06 bits per heavy atom. The number of hydrogen-bond donors (Lipinski definition) is 3. The largest absolute Gasteiger partial charge is 0.357 e. The maximum atomic E-state index is 13.3. The number of benzene rings is 1. The number of halogens is 1. The number of aryl methyl sites for hydroxylation is 2. The van der Waals surface area contributed by atoms with Crippen LogP contribution in [0.25, 0.3) is 22.1 Å². The molecule has 1 aliphatic rings. The Bertz CT molecular complexity index is 1430. The van der Waals surface area contributed by atoms with Gasteiger partial charge in [0, 0.05) is 47.8 Å².